The normalized spacial score (nSPS) is 45.7. The van der Waals surface area contributed by atoms with Gasteiger partial charge in [-0.05, 0) is 12.8 Å². The van der Waals surface area contributed by atoms with Crippen LogP contribution in [0.3, 0.4) is 0 Å². The van der Waals surface area contributed by atoms with E-state index in [0.29, 0.717) is 13.0 Å². The Labute approximate surface area is 190 Å². The number of hydrogen-bond donors (Lipinski definition) is 7. The summed E-state index contributed by atoms with van der Waals surface area (Å²) in [5, 5.41) is 69.4. The predicted molar refractivity (Wildman–Crippen MR) is 106 cm³/mol. The highest BCUT2D eigenvalue weighted by atomic mass is 16.7. The van der Waals surface area contributed by atoms with E-state index in [9.17, 15) is 30.6 Å². The maximum absolute atomic E-state index is 10.2. The number of ether oxygens (including phenoxy) is 6. The van der Waals surface area contributed by atoms with Gasteiger partial charge in [0.15, 0.2) is 18.9 Å². The topological polar surface area (TPSA) is 197 Å². The van der Waals surface area contributed by atoms with Crippen molar-refractivity contribution >= 4 is 0 Å². The van der Waals surface area contributed by atoms with Crippen LogP contribution >= 0.6 is 0 Å². The van der Waals surface area contributed by atoms with Gasteiger partial charge in [0.25, 0.3) is 0 Å². The zero-order valence-corrected chi connectivity index (χ0v) is 18.0. The molecule has 12 atom stereocenters. The van der Waals surface area contributed by atoms with Crippen molar-refractivity contribution in [3.05, 3.63) is 12.7 Å². The van der Waals surface area contributed by atoms with E-state index in [4.69, 9.17) is 33.5 Å². The van der Waals surface area contributed by atoms with Gasteiger partial charge in [0.1, 0.15) is 54.9 Å². The highest BCUT2D eigenvalue weighted by Crippen LogP contribution is 2.28. The lowest BCUT2D eigenvalue weighted by molar-refractivity contribution is -0.218. The fourth-order valence-electron chi connectivity index (χ4n) is 3.79. The lowest BCUT2D eigenvalue weighted by atomic mass is 10.1. The van der Waals surface area contributed by atoms with Gasteiger partial charge in [-0.1, -0.05) is 6.08 Å². The molecule has 0 spiro atoms. The number of rotatable bonds is 12. The third-order valence-electron chi connectivity index (χ3n) is 5.82. The fraction of sp³-hybridized carbons (Fsp3) is 0.900. The Morgan fingerprint density at radius 3 is 1.48 bits per heavy atom. The van der Waals surface area contributed by atoms with Crippen LogP contribution in [0.25, 0.3) is 0 Å². The van der Waals surface area contributed by atoms with Gasteiger partial charge in [-0.25, -0.2) is 0 Å². The van der Waals surface area contributed by atoms with Crippen LogP contribution in [-0.2, 0) is 28.4 Å². The smallest absolute Gasteiger partial charge is 0.186 e. The van der Waals surface area contributed by atoms with Crippen molar-refractivity contribution < 1.29 is 64.2 Å². The minimum absolute atomic E-state index is 0.262. The number of unbranched alkanes of at least 4 members (excludes halogenated alkanes) is 1. The van der Waals surface area contributed by atoms with Gasteiger partial charge in [0.2, 0.25) is 0 Å². The third-order valence-corrected chi connectivity index (χ3v) is 5.82. The Morgan fingerprint density at radius 2 is 1.06 bits per heavy atom. The molecule has 33 heavy (non-hydrogen) atoms. The molecular formula is C20H34O13. The van der Waals surface area contributed by atoms with Gasteiger partial charge in [-0.2, -0.15) is 0 Å². The summed E-state index contributed by atoms with van der Waals surface area (Å²) in [6.45, 7) is 2.82. The molecule has 0 aromatic carbocycles. The molecule has 0 saturated carbocycles. The van der Waals surface area contributed by atoms with Crippen molar-refractivity contribution in [3.8, 4) is 0 Å². The third kappa shape index (κ3) is 6.27. The lowest BCUT2D eigenvalue weighted by Crippen LogP contribution is -2.39. The van der Waals surface area contributed by atoms with E-state index < -0.39 is 80.4 Å². The van der Waals surface area contributed by atoms with Gasteiger partial charge in [0.05, 0.1) is 26.4 Å². The summed E-state index contributed by atoms with van der Waals surface area (Å²) in [4.78, 5) is 0. The second kappa shape index (κ2) is 12.3. The molecule has 0 aromatic heterocycles. The molecule has 3 heterocycles. The van der Waals surface area contributed by atoms with Crippen LogP contribution in [0.1, 0.15) is 12.8 Å². The van der Waals surface area contributed by atoms with Crippen molar-refractivity contribution in [1.29, 1.82) is 0 Å². The van der Waals surface area contributed by atoms with Crippen LogP contribution in [0.5, 0.6) is 0 Å². The van der Waals surface area contributed by atoms with Gasteiger partial charge in [-0.15, -0.1) is 6.58 Å². The second-order valence-electron chi connectivity index (χ2n) is 8.22. The first-order valence-corrected chi connectivity index (χ1v) is 10.9. The standard InChI is InChI=1S/C20H34O13/c1-2-3-4-5-28-18-16(26)13(23)10(32-18)7-30-20-17(27)14(24)11(33-20)8-29-19-15(25)12(22)9(6-21)31-19/h2,9-27H,1,3-8H2/t9-,10-,11-,12-,13-,14-,15+,16+,17+,18+,19+,20+/m1/s1. The van der Waals surface area contributed by atoms with Crippen LogP contribution < -0.4 is 0 Å². The quantitative estimate of drug-likeness (QED) is 0.106. The number of aliphatic hydroxyl groups is 7. The Hall–Kier alpha value is -0.780. The zero-order chi connectivity index (χ0) is 24.1. The number of allylic oxidation sites excluding steroid dienone is 1. The van der Waals surface area contributed by atoms with E-state index >= 15 is 0 Å². The van der Waals surface area contributed by atoms with Crippen LogP contribution in [0.15, 0.2) is 12.7 Å². The van der Waals surface area contributed by atoms with E-state index in [2.05, 4.69) is 6.58 Å². The molecule has 0 unspecified atom stereocenters. The van der Waals surface area contributed by atoms with Crippen LogP contribution in [0.4, 0.5) is 0 Å². The first-order chi connectivity index (χ1) is 15.8. The average Bonchev–Trinajstić information content (AvgIpc) is 3.35. The Balaban J connectivity index is 1.43. The largest absolute Gasteiger partial charge is 0.394 e. The van der Waals surface area contributed by atoms with E-state index in [1.54, 1.807) is 6.08 Å². The Bertz CT molecular complexity index is 609. The molecule has 3 fully saturated rings. The lowest BCUT2D eigenvalue weighted by Gasteiger charge is -2.20. The van der Waals surface area contributed by atoms with E-state index in [0.717, 1.165) is 6.42 Å². The molecule has 13 heteroatoms. The van der Waals surface area contributed by atoms with Crippen molar-refractivity contribution in [2.75, 3.05) is 26.4 Å². The molecule has 3 aliphatic rings. The van der Waals surface area contributed by atoms with E-state index in [1.165, 1.54) is 0 Å². The van der Waals surface area contributed by atoms with Crippen molar-refractivity contribution in [2.24, 2.45) is 0 Å². The predicted octanol–water partition coefficient (Wildman–Crippen LogP) is -3.67. The number of hydrogen-bond acceptors (Lipinski definition) is 13. The molecule has 0 amide bonds. The van der Waals surface area contributed by atoms with Crippen LogP contribution in [0, 0.1) is 0 Å². The number of aliphatic hydroxyl groups excluding tert-OH is 7. The molecule has 0 aliphatic carbocycles. The van der Waals surface area contributed by atoms with Crippen LogP contribution in [-0.4, -0.2) is 136 Å². The monoisotopic (exact) mass is 482 g/mol. The fourth-order valence-corrected chi connectivity index (χ4v) is 3.79. The molecule has 192 valence electrons. The van der Waals surface area contributed by atoms with E-state index in [1.807, 2.05) is 0 Å². The first kappa shape index (κ1) is 26.8. The highest BCUT2D eigenvalue weighted by molar-refractivity contribution is 4.91. The Kier molecular flexibility index (Phi) is 9.97. The SMILES string of the molecule is C=CCCCO[C@H]1O[C@H](CO[C@H]2O[C@H](CO[C@H]3O[C@H](CO)[C@@H](O)[C@@H]3O)[C@@H](O)[C@@H]2O)[C@@H](O)[C@@H]1O. The molecular weight excluding hydrogens is 448 g/mol. The maximum atomic E-state index is 10.2. The molecule has 0 bridgehead atoms. The summed E-state index contributed by atoms with van der Waals surface area (Å²) in [5.41, 5.74) is 0. The van der Waals surface area contributed by atoms with Crippen molar-refractivity contribution in [3.63, 3.8) is 0 Å². The molecule has 3 saturated heterocycles. The Morgan fingerprint density at radius 1 is 0.636 bits per heavy atom. The molecule has 7 N–H and O–H groups in total. The minimum Gasteiger partial charge on any atom is -0.394 e. The zero-order valence-electron chi connectivity index (χ0n) is 18.0. The molecule has 0 aromatic rings. The van der Waals surface area contributed by atoms with Gasteiger partial charge < -0.3 is 64.2 Å². The highest BCUT2D eigenvalue weighted by Gasteiger charge is 2.48. The van der Waals surface area contributed by atoms with Crippen molar-refractivity contribution in [2.45, 2.75) is 86.6 Å². The second-order valence-corrected chi connectivity index (χ2v) is 8.22. The summed E-state index contributed by atoms with van der Waals surface area (Å²) in [6.07, 6.45) is -11.6. The summed E-state index contributed by atoms with van der Waals surface area (Å²) in [5.74, 6) is 0. The molecule has 3 aliphatic heterocycles. The van der Waals surface area contributed by atoms with Gasteiger partial charge >= 0.3 is 0 Å². The maximum Gasteiger partial charge on any atom is 0.186 e. The van der Waals surface area contributed by atoms with Gasteiger partial charge in [0, 0.05) is 0 Å². The molecule has 0 radical (unpaired) electrons. The van der Waals surface area contributed by atoms with Crippen molar-refractivity contribution in [1.82, 2.24) is 0 Å². The first-order valence-electron chi connectivity index (χ1n) is 10.9. The summed E-state index contributed by atoms with van der Waals surface area (Å²) in [6, 6.07) is 0. The molecule has 13 nitrogen and oxygen atoms in total. The summed E-state index contributed by atoms with van der Waals surface area (Å²) in [7, 11) is 0. The van der Waals surface area contributed by atoms with E-state index in [-0.39, 0.29) is 13.2 Å². The average molecular weight is 482 g/mol. The summed E-state index contributed by atoms with van der Waals surface area (Å²) >= 11 is 0. The minimum atomic E-state index is -1.45. The molecule has 3 rings (SSSR count). The van der Waals surface area contributed by atoms with Gasteiger partial charge in [-0.3, -0.25) is 0 Å². The van der Waals surface area contributed by atoms with Crippen LogP contribution in [0.2, 0.25) is 0 Å². The summed E-state index contributed by atoms with van der Waals surface area (Å²) < 4.78 is 32.3.